The normalized spacial score (nSPS) is 20.8. The average molecular weight is 524 g/mol. The summed E-state index contributed by atoms with van der Waals surface area (Å²) in [5.41, 5.74) is 6.30. The standard InChI is InChI=1S/C34H37NO4/c1-24-18-29(31(36)19-25(24)2)32-34(39-22-28-16-10-5-11-17-28)33(38-21-27-14-8-4-9-15-27)30(35-32)23-37-20-26-12-6-3-7-13-26/h3-19,30,32-36H,20-23H2,1-2H3/t30-,32-,33-,34-/m1/s1. The predicted molar refractivity (Wildman–Crippen MR) is 153 cm³/mol. The fourth-order valence-corrected chi connectivity index (χ4v) is 5.13. The number of phenols is 1. The molecule has 0 aliphatic carbocycles. The number of ether oxygens (including phenoxy) is 3. The molecule has 1 aliphatic heterocycles. The maximum atomic E-state index is 11.0. The van der Waals surface area contributed by atoms with E-state index in [0.717, 1.165) is 33.4 Å². The minimum Gasteiger partial charge on any atom is -0.508 e. The summed E-state index contributed by atoms with van der Waals surface area (Å²) in [6.07, 6.45) is -0.636. The molecule has 5 nitrogen and oxygen atoms in total. The molecule has 0 aromatic heterocycles. The first-order valence-corrected chi connectivity index (χ1v) is 13.6. The third kappa shape index (κ3) is 6.94. The molecule has 0 radical (unpaired) electrons. The van der Waals surface area contributed by atoms with Gasteiger partial charge in [0.2, 0.25) is 0 Å². The molecule has 1 saturated heterocycles. The maximum Gasteiger partial charge on any atom is 0.120 e. The molecule has 2 N–H and O–H groups in total. The third-order valence-corrected chi connectivity index (χ3v) is 7.40. The van der Waals surface area contributed by atoms with E-state index in [1.165, 1.54) is 0 Å². The van der Waals surface area contributed by atoms with Crippen LogP contribution in [0.4, 0.5) is 0 Å². The van der Waals surface area contributed by atoms with E-state index in [9.17, 15) is 5.11 Å². The van der Waals surface area contributed by atoms with Gasteiger partial charge in [0.05, 0.1) is 38.5 Å². The lowest BCUT2D eigenvalue weighted by molar-refractivity contribution is -0.0862. The highest BCUT2D eigenvalue weighted by molar-refractivity contribution is 5.44. The predicted octanol–water partition coefficient (Wildman–Crippen LogP) is 6.41. The first kappa shape index (κ1) is 27.1. The van der Waals surface area contributed by atoms with Crippen LogP contribution in [0, 0.1) is 13.8 Å². The molecule has 0 amide bonds. The molecule has 4 atom stereocenters. The molecular weight excluding hydrogens is 486 g/mol. The van der Waals surface area contributed by atoms with E-state index < -0.39 is 0 Å². The lowest BCUT2D eigenvalue weighted by Crippen LogP contribution is -2.39. The largest absolute Gasteiger partial charge is 0.508 e. The number of aromatic hydroxyl groups is 1. The molecule has 1 fully saturated rings. The van der Waals surface area contributed by atoms with Crippen LogP contribution in [0.15, 0.2) is 103 Å². The molecule has 39 heavy (non-hydrogen) atoms. The summed E-state index contributed by atoms with van der Waals surface area (Å²) in [6.45, 7) is 5.94. The Morgan fingerprint density at radius 1 is 0.641 bits per heavy atom. The summed E-state index contributed by atoms with van der Waals surface area (Å²) in [7, 11) is 0. The van der Waals surface area contributed by atoms with Crippen molar-refractivity contribution in [2.24, 2.45) is 0 Å². The van der Waals surface area contributed by atoms with Crippen molar-refractivity contribution in [3.05, 3.63) is 137 Å². The van der Waals surface area contributed by atoms with Gasteiger partial charge in [0.15, 0.2) is 0 Å². The molecule has 1 heterocycles. The SMILES string of the molecule is Cc1cc(O)c([C@H]2N[C@H](COCc3ccccc3)[C@@H](OCc3ccccc3)[C@@H]2OCc2ccccc2)cc1C. The van der Waals surface area contributed by atoms with Gasteiger partial charge >= 0.3 is 0 Å². The molecular formula is C34H37NO4. The van der Waals surface area contributed by atoms with Crippen LogP contribution < -0.4 is 5.32 Å². The number of phenolic OH excluding ortho intramolecular Hbond substituents is 1. The van der Waals surface area contributed by atoms with Gasteiger partial charge in [0.1, 0.15) is 18.0 Å². The van der Waals surface area contributed by atoms with Crippen LogP contribution in [0.25, 0.3) is 0 Å². The molecule has 0 bridgehead atoms. The van der Waals surface area contributed by atoms with E-state index in [-0.39, 0.29) is 30.0 Å². The Morgan fingerprint density at radius 2 is 1.13 bits per heavy atom. The molecule has 0 saturated carbocycles. The summed E-state index contributed by atoms with van der Waals surface area (Å²) in [4.78, 5) is 0. The van der Waals surface area contributed by atoms with Crippen LogP contribution in [-0.2, 0) is 34.0 Å². The molecule has 202 valence electrons. The summed E-state index contributed by atoms with van der Waals surface area (Å²) >= 11 is 0. The van der Waals surface area contributed by atoms with Gasteiger partial charge in [-0.25, -0.2) is 0 Å². The lowest BCUT2D eigenvalue weighted by atomic mass is 9.96. The Labute approximate surface area is 231 Å². The van der Waals surface area contributed by atoms with Gasteiger partial charge in [0.25, 0.3) is 0 Å². The number of rotatable bonds is 11. The van der Waals surface area contributed by atoms with Crippen LogP contribution in [-0.4, -0.2) is 30.0 Å². The van der Waals surface area contributed by atoms with E-state index in [2.05, 4.69) is 54.7 Å². The number of benzene rings is 4. The second-order valence-electron chi connectivity index (χ2n) is 10.3. The van der Waals surface area contributed by atoms with Gasteiger partial charge in [-0.3, -0.25) is 0 Å². The number of aryl methyl sites for hydroxylation is 2. The Hall–Kier alpha value is -3.48. The van der Waals surface area contributed by atoms with Crippen LogP contribution >= 0.6 is 0 Å². The summed E-state index contributed by atoms with van der Waals surface area (Å²) < 4.78 is 19.4. The highest BCUT2D eigenvalue weighted by atomic mass is 16.5. The van der Waals surface area contributed by atoms with Gasteiger partial charge in [-0.2, -0.15) is 0 Å². The van der Waals surface area contributed by atoms with Crippen molar-refractivity contribution in [1.82, 2.24) is 5.32 Å². The van der Waals surface area contributed by atoms with Crippen molar-refractivity contribution in [2.75, 3.05) is 6.61 Å². The van der Waals surface area contributed by atoms with Crippen molar-refractivity contribution in [2.45, 2.75) is 58.0 Å². The zero-order valence-electron chi connectivity index (χ0n) is 22.6. The monoisotopic (exact) mass is 523 g/mol. The second kappa shape index (κ2) is 13.0. The first-order chi connectivity index (χ1) is 19.1. The molecule has 1 aliphatic rings. The summed E-state index contributed by atoms with van der Waals surface area (Å²) in [6, 6.07) is 34.0. The minimum atomic E-state index is -0.341. The minimum absolute atomic E-state index is 0.135. The number of hydrogen-bond donors (Lipinski definition) is 2. The molecule has 5 rings (SSSR count). The fourth-order valence-electron chi connectivity index (χ4n) is 5.13. The highest BCUT2D eigenvalue weighted by Gasteiger charge is 2.46. The second-order valence-corrected chi connectivity index (χ2v) is 10.3. The fraction of sp³-hybridized carbons (Fsp3) is 0.294. The quantitative estimate of drug-likeness (QED) is 0.238. The van der Waals surface area contributed by atoms with Crippen molar-refractivity contribution in [3.63, 3.8) is 0 Å². The van der Waals surface area contributed by atoms with Gasteiger partial charge in [-0.1, -0.05) is 97.1 Å². The zero-order valence-corrected chi connectivity index (χ0v) is 22.6. The van der Waals surface area contributed by atoms with Crippen molar-refractivity contribution in [1.29, 1.82) is 0 Å². The average Bonchev–Trinajstić information content (AvgIpc) is 3.31. The zero-order chi connectivity index (χ0) is 27.0. The van der Waals surface area contributed by atoms with Crippen molar-refractivity contribution >= 4 is 0 Å². The van der Waals surface area contributed by atoms with E-state index in [4.69, 9.17) is 14.2 Å². The molecule has 0 spiro atoms. The van der Waals surface area contributed by atoms with Gasteiger partial charge in [0, 0.05) is 5.56 Å². The molecule has 4 aromatic rings. The Kier molecular flexibility index (Phi) is 9.07. The Bertz CT molecular complexity index is 1310. The lowest BCUT2D eigenvalue weighted by Gasteiger charge is -2.27. The summed E-state index contributed by atoms with van der Waals surface area (Å²) in [5, 5.41) is 14.7. The Balaban J connectivity index is 1.42. The summed E-state index contributed by atoms with van der Waals surface area (Å²) in [5.74, 6) is 0.261. The highest BCUT2D eigenvalue weighted by Crippen LogP contribution is 2.38. The smallest absolute Gasteiger partial charge is 0.120 e. The number of nitrogens with one attached hydrogen (secondary N) is 1. The molecule has 0 unspecified atom stereocenters. The van der Waals surface area contributed by atoms with E-state index in [1.54, 1.807) is 0 Å². The van der Waals surface area contributed by atoms with Crippen molar-refractivity contribution < 1.29 is 19.3 Å². The van der Waals surface area contributed by atoms with E-state index in [1.807, 2.05) is 67.6 Å². The van der Waals surface area contributed by atoms with E-state index >= 15 is 0 Å². The van der Waals surface area contributed by atoms with Gasteiger partial charge in [-0.05, 0) is 47.7 Å². The van der Waals surface area contributed by atoms with Crippen LogP contribution in [0.3, 0.4) is 0 Å². The van der Waals surface area contributed by atoms with Crippen LogP contribution in [0.1, 0.15) is 39.4 Å². The van der Waals surface area contributed by atoms with Gasteiger partial charge in [-0.15, -0.1) is 0 Å². The molecule has 5 heteroatoms. The Morgan fingerprint density at radius 3 is 1.69 bits per heavy atom. The van der Waals surface area contributed by atoms with Gasteiger partial charge < -0.3 is 24.6 Å². The molecule has 4 aromatic carbocycles. The van der Waals surface area contributed by atoms with Crippen molar-refractivity contribution in [3.8, 4) is 5.75 Å². The third-order valence-electron chi connectivity index (χ3n) is 7.40. The number of hydrogen-bond acceptors (Lipinski definition) is 5. The maximum absolute atomic E-state index is 11.0. The first-order valence-electron chi connectivity index (χ1n) is 13.6. The van der Waals surface area contributed by atoms with E-state index in [0.29, 0.717) is 26.4 Å². The van der Waals surface area contributed by atoms with Crippen LogP contribution in [0.5, 0.6) is 5.75 Å². The topological polar surface area (TPSA) is 60.0 Å². The van der Waals surface area contributed by atoms with Crippen LogP contribution in [0.2, 0.25) is 0 Å².